The molecule has 5 heteroatoms. The summed E-state index contributed by atoms with van der Waals surface area (Å²) in [5.41, 5.74) is -0.697. The molecule has 0 aromatic carbocycles. The Morgan fingerprint density at radius 2 is 1.41 bits per heavy atom. The Morgan fingerprint density at radius 1 is 1.12 bits per heavy atom. The molecule has 0 amide bonds. The van der Waals surface area contributed by atoms with Crippen molar-refractivity contribution in [2.24, 2.45) is 11.3 Å². The van der Waals surface area contributed by atoms with Crippen molar-refractivity contribution in [2.75, 3.05) is 28.2 Å². The molecule has 0 spiro atoms. The van der Waals surface area contributed by atoms with Gasteiger partial charge in [0.1, 0.15) is 0 Å². The monoisotopic (exact) mass is 248 g/mol. The number of nitrogens with zero attached hydrogens (tertiary/aromatic N) is 1. The van der Waals surface area contributed by atoms with Crippen LogP contribution in [0.2, 0.25) is 0 Å². The number of hydrogen-bond donors (Lipinski definition) is 2. The molecule has 102 valence electrons. The highest BCUT2D eigenvalue weighted by atomic mass is 16.4. The Bertz CT molecular complexity index is 260. The van der Waals surface area contributed by atoms with Crippen LogP contribution >= 0.6 is 0 Å². The molecule has 0 aliphatic rings. The molecule has 2 N–H and O–H groups in total. The standard InChI is InChI=1S/C8H14O4.C4H12N/c1-5(7(11)12)8(2,3)4-6(9)10;1-5(2,3)4/h5H,4H2,1-3H3,(H,9,10)(H,11,12);1-4H3/q;+1. The number of rotatable bonds is 4. The molecular formula is C12H26NO4+. The molecule has 0 radical (unpaired) electrons. The maximum absolute atomic E-state index is 10.5. The highest BCUT2D eigenvalue weighted by molar-refractivity contribution is 5.73. The molecule has 0 aromatic rings. The minimum absolute atomic E-state index is 0.125. The van der Waals surface area contributed by atoms with E-state index in [9.17, 15) is 9.59 Å². The first-order valence-electron chi connectivity index (χ1n) is 5.51. The summed E-state index contributed by atoms with van der Waals surface area (Å²) in [7, 11) is 8.50. The van der Waals surface area contributed by atoms with Crippen LogP contribution in [0.5, 0.6) is 0 Å². The lowest BCUT2D eigenvalue weighted by Crippen LogP contribution is -2.30. The second-order valence-corrected chi connectivity index (χ2v) is 6.30. The first-order valence-corrected chi connectivity index (χ1v) is 5.51. The van der Waals surface area contributed by atoms with E-state index in [0.29, 0.717) is 0 Å². The smallest absolute Gasteiger partial charge is 0.306 e. The molecule has 0 aliphatic heterocycles. The minimum Gasteiger partial charge on any atom is -0.481 e. The topological polar surface area (TPSA) is 74.6 Å². The number of carboxylic acids is 2. The van der Waals surface area contributed by atoms with Gasteiger partial charge in [0.15, 0.2) is 0 Å². The summed E-state index contributed by atoms with van der Waals surface area (Å²) in [6.07, 6.45) is -0.125. The molecule has 1 unspecified atom stereocenters. The maximum atomic E-state index is 10.5. The SMILES string of the molecule is CC(C(=O)O)C(C)(C)CC(=O)O.C[N+](C)(C)C. The van der Waals surface area contributed by atoms with Crippen molar-refractivity contribution >= 4 is 11.9 Å². The fourth-order valence-corrected chi connectivity index (χ4v) is 0.877. The van der Waals surface area contributed by atoms with E-state index in [1.807, 2.05) is 0 Å². The van der Waals surface area contributed by atoms with Crippen LogP contribution in [0.1, 0.15) is 27.2 Å². The molecule has 0 saturated carbocycles. The van der Waals surface area contributed by atoms with Crippen molar-refractivity contribution in [3.63, 3.8) is 0 Å². The van der Waals surface area contributed by atoms with Gasteiger partial charge in [-0.15, -0.1) is 0 Å². The van der Waals surface area contributed by atoms with E-state index >= 15 is 0 Å². The van der Waals surface area contributed by atoms with Crippen LogP contribution in [0.25, 0.3) is 0 Å². The third kappa shape index (κ3) is 12.8. The van der Waals surface area contributed by atoms with Crippen molar-refractivity contribution in [1.29, 1.82) is 0 Å². The van der Waals surface area contributed by atoms with E-state index in [2.05, 4.69) is 28.2 Å². The Labute approximate surface area is 104 Å². The summed E-state index contributed by atoms with van der Waals surface area (Å²) < 4.78 is 1.00. The fraction of sp³-hybridized carbons (Fsp3) is 0.833. The summed E-state index contributed by atoms with van der Waals surface area (Å²) in [4.78, 5) is 20.9. The predicted molar refractivity (Wildman–Crippen MR) is 66.8 cm³/mol. The molecule has 0 saturated heterocycles. The van der Waals surface area contributed by atoms with Crippen LogP contribution in [0.4, 0.5) is 0 Å². The van der Waals surface area contributed by atoms with Crippen molar-refractivity contribution in [3.05, 3.63) is 0 Å². The molecule has 1 atom stereocenters. The van der Waals surface area contributed by atoms with Crippen LogP contribution in [0, 0.1) is 11.3 Å². The lowest BCUT2D eigenvalue weighted by Gasteiger charge is -2.26. The Balaban J connectivity index is 0. The number of carboxylic acid groups (broad SMARTS) is 2. The van der Waals surface area contributed by atoms with E-state index in [4.69, 9.17) is 10.2 Å². The van der Waals surface area contributed by atoms with Gasteiger partial charge in [-0.05, 0) is 5.41 Å². The maximum Gasteiger partial charge on any atom is 0.306 e. The molecular weight excluding hydrogens is 222 g/mol. The predicted octanol–water partition coefficient (Wildman–Crippen LogP) is 1.53. The number of quaternary nitrogens is 1. The summed E-state index contributed by atoms with van der Waals surface area (Å²) in [6.45, 7) is 4.80. The van der Waals surface area contributed by atoms with Gasteiger partial charge in [-0.2, -0.15) is 0 Å². The van der Waals surface area contributed by atoms with E-state index < -0.39 is 23.3 Å². The van der Waals surface area contributed by atoms with E-state index in [1.165, 1.54) is 6.92 Å². The van der Waals surface area contributed by atoms with Crippen molar-refractivity contribution in [3.8, 4) is 0 Å². The third-order valence-corrected chi connectivity index (χ3v) is 2.15. The summed E-state index contributed by atoms with van der Waals surface area (Å²) in [5, 5.41) is 17.1. The third-order valence-electron chi connectivity index (χ3n) is 2.15. The fourth-order valence-electron chi connectivity index (χ4n) is 0.877. The molecule has 5 nitrogen and oxygen atoms in total. The summed E-state index contributed by atoms with van der Waals surface area (Å²) >= 11 is 0. The normalized spacial score (nSPS) is 13.4. The number of hydrogen-bond acceptors (Lipinski definition) is 2. The van der Waals surface area contributed by atoms with E-state index in [0.717, 1.165) is 4.48 Å². The van der Waals surface area contributed by atoms with Gasteiger partial charge in [0.25, 0.3) is 0 Å². The zero-order chi connectivity index (χ0) is 14.4. The lowest BCUT2D eigenvalue weighted by atomic mass is 9.77. The van der Waals surface area contributed by atoms with Crippen molar-refractivity contribution in [1.82, 2.24) is 0 Å². The molecule has 0 aliphatic carbocycles. The van der Waals surface area contributed by atoms with Gasteiger partial charge < -0.3 is 14.7 Å². The average molecular weight is 248 g/mol. The van der Waals surface area contributed by atoms with Crippen LogP contribution in [0.15, 0.2) is 0 Å². The minimum atomic E-state index is -0.965. The molecule has 0 bridgehead atoms. The molecule has 0 fully saturated rings. The zero-order valence-corrected chi connectivity index (χ0v) is 11.9. The van der Waals surface area contributed by atoms with Crippen LogP contribution in [-0.2, 0) is 9.59 Å². The first kappa shape index (κ1) is 18.3. The Hall–Kier alpha value is -1.10. The van der Waals surface area contributed by atoms with Gasteiger partial charge in [0.2, 0.25) is 0 Å². The summed E-state index contributed by atoms with van der Waals surface area (Å²) in [6, 6.07) is 0. The molecule has 0 heterocycles. The summed E-state index contributed by atoms with van der Waals surface area (Å²) in [5.74, 6) is -2.57. The van der Waals surface area contributed by atoms with Gasteiger partial charge in [-0.1, -0.05) is 20.8 Å². The lowest BCUT2D eigenvalue weighted by molar-refractivity contribution is -0.849. The first-order chi connectivity index (χ1) is 7.27. The van der Waals surface area contributed by atoms with Crippen LogP contribution in [0.3, 0.4) is 0 Å². The largest absolute Gasteiger partial charge is 0.481 e. The van der Waals surface area contributed by atoms with Crippen molar-refractivity contribution < 1.29 is 24.3 Å². The van der Waals surface area contributed by atoms with E-state index in [-0.39, 0.29) is 6.42 Å². The number of aliphatic carboxylic acids is 2. The highest BCUT2D eigenvalue weighted by Gasteiger charge is 2.33. The number of carbonyl (C=O) groups is 2. The molecule has 0 rings (SSSR count). The highest BCUT2D eigenvalue weighted by Crippen LogP contribution is 2.30. The van der Waals surface area contributed by atoms with E-state index in [1.54, 1.807) is 13.8 Å². The second-order valence-electron chi connectivity index (χ2n) is 6.30. The van der Waals surface area contributed by atoms with Crippen LogP contribution < -0.4 is 0 Å². The quantitative estimate of drug-likeness (QED) is 0.740. The van der Waals surface area contributed by atoms with Gasteiger partial charge in [-0.25, -0.2) is 0 Å². The van der Waals surface area contributed by atoms with Gasteiger partial charge >= 0.3 is 11.9 Å². The van der Waals surface area contributed by atoms with Crippen molar-refractivity contribution in [2.45, 2.75) is 27.2 Å². The Kier molecular flexibility index (Phi) is 7.08. The zero-order valence-electron chi connectivity index (χ0n) is 11.9. The average Bonchev–Trinajstić information content (AvgIpc) is 1.96. The molecule has 17 heavy (non-hydrogen) atoms. The van der Waals surface area contributed by atoms with Gasteiger partial charge in [-0.3, -0.25) is 9.59 Å². The second kappa shape index (κ2) is 6.59. The van der Waals surface area contributed by atoms with Gasteiger partial charge in [0.05, 0.1) is 40.5 Å². The Morgan fingerprint density at radius 3 is 1.59 bits per heavy atom. The van der Waals surface area contributed by atoms with Gasteiger partial charge in [0, 0.05) is 0 Å². The molecule has 0 aromatic heterocycles. The van der Waals surface area contributed by atoms with Crippen LogP contribution in [-0.4, -0.2) is 54.8 Å².